The summed E-state index contributed by atoms with van der Waals surface area (Å²) in [5.41, 5.74) is 2.07. The summed E-state index contributed by atoms with van der Waals surface area (Å²) in [6, 6.07) is 9.95. The monoisotopic (exact) mass is 360 g/mol. The number of rotatable bonds is 3. The van der Waals surface area contributed by atoms with Gasteiger partial charge in [0.05, 0.1) is 6.20 Å². The lowest BCUT2D eigenvalue weighted by Gasteiger charge is -2.28. The zero-order valence-electron chi connectivity index (χ0n) is 14.2. The molecule has 4 rings (SSSR count). The van der Waals surface area contributed by atoms with E-state index in [-0.39, 0.29) is 12.2 Å². The van der Waals surface area contributed by atoms with Gasteiger partial charge in [-0.3, -0.25) is 9.36 Å². The van der Waals surface area contributed by atoms with E-state index in [2.05, 4.69) is 15.2 Å². The second kappa shape index (κ2) is 9.03. The maximum atomic E-state index is 12.2. The predicted octanol–water partition coefficient (Wildman–Crippen LogP) is 0.980. The molecule has 0 saturated carbocycles. The van der Waals surface area contributed by atoms with Crippen LogP contribution in [0.25, 0.3) is 0 Å². The van der Waals surface area contributed by atoms with Crippen LogP contribution in [0.3, 0.4) is 0 Å². The minimum Gasteiger partial charge on any atom is -0.396 e. The van der Waals surface area contributed by atoms with Crippen molar-refractivity contribution in [3.05, 3.63) is 52.4 Å². The summed E-state index contributed by atoms with van der Waals surface area (Å²) in [4.78, 5) is 18.7. The van der Waals surface area contributed by atoms with Crippen molar-refractivity contribution in [3.63, 3.8) is 0 Å². The third-order valence-electron chi connectivity index (χ3n) is 4.24. The molecule has 2 aliphatic rings. The first-order chi connectivity index (χ1) is 12.3. The third-order valence-corrected chi connectivity index (χ3v) is 5.21. The highest BCUT2D eigenvalue weighted by Crippen LogP contribution is 2.22. The SMILES string of the molecule is O=c1c(N2CCNCC2)cnc2n1CCS2.OCCc1ccccc1. The number of hydrogen-bond acceptors (Lipinski definition) is 6. The lowest BCUT2D eigenvalue weighted by atomic mass is 10.2. The largest absolute Gasteiger partial charge is 0.396 e. The zero-order chi connectivity index (χ0) is 17.5. The predicted molar refractivity (Wildman–Crippen MR) is 102 cm³/mol. The Morgan fingerprint density at radius 1 is 1.16 bits per heavy atom. The molecule has 3 heterocycles. The number of nitrogens with one attached hydrogen (secondary N) is 1. The van der Waals surface area contributed by atoms with Crippen LogP contribution in [0.4, 0.5) is 5.69 Å². The summed E-state index contributed by atoms with van der Waals surface area (Å²) >= 11 is 1.66. The molecule has 2 aromatic rings. The smallest absolute Gasteiger partial charge is 0.277 e. The second-order valence-electron chi connectivity index (χ2n) is 5.93. The van der Waals surface area contributed by atoms with E-state index in [0.29, 0.717) is 0 Å². The van der Waals surface area contributed by atoms with Gasteiger partial charge < -0.3 is 15.3 Å². The Morgan fingerprint density at radius 3 is 2.64 bits per heavy atom. The van der Waals surface area contributed by atoms with Crippen molar-refractivity contribution in [2.24, 2.45) is 0 Å². The van der Waals surface area contributed by atoms with Crippen LogP contribution >= 0.6 is 11.8 Å². The molecule has 0 radical (unpaired) electrons. The van der Waals surface area contributed by atoms with Gasteiger partial charge in [0.15, 0.2) is 5.16 Å². The van der Waals surface area contributed by atoms with E-state index in [0.717, 1.165) is 55.7 Å². The molecule has 25 heavy (non-hydrogen) atoms. The average Bonchev–Trinajstić information content (AvgIpc) is 3.14. The Kier molecular flexibility index (Phi) is 6.49. The van der Waals surface area contributed by atoms with Crippen LogP contribution in [0, 0.1) is 0 Å². The zero-order valence-corrected chi connectivity index (χ0v) is 15.0. The van der Waals surface area contributed by atoms with Crippen molar-refractivity contribution < 1.29 is 5.11 Å². The molecule has 0 spiro atoms. The van der Waals surface area contributed by atoms with E-state index in [9.17, 15) is 4.79 Å². The summed E-state index contributed by atoms with van der Waals surface area (Å²) in [5, 5.41) is 12.7. The standard InChI is InChI=1S/C10H14N4OS.C8H10O/c15-9-8(13-3-1-11-2-4-13)7-12-10-14(9)5-6-16-10;9-7-6-8-4-2-1-3-5-8/h7,11H,1-6H2;1-5,9H,6-7H2. The highest BCUT2D eigenvalue weighted by atomic mass is 32.2. The number of aliphatic hydroxyl groups excluding tert-OH is 1. The number of hydrogen-bond donors (Lipinski definition) is 2. The highest BCUT2D eigenvalue weighted by Gasteiger charge is 2.20. The molecule has 0 atom stereocenters. The van der Waals surface area contributed by atoms with Gasteiger partial charge in [-0.2, -0.15) is 0 Å². The molecule has 134 valence electrons. The first-order valence-electron chi connectivity index (χ1n) is 8.62. The Balaban J connectivity index is 0.000000173. The Morgan fingerprint density at radius 2 is 1.92 bits per heavy atom. The normalized spacial score (nSPS) is 16.1. The fraction of sp³-hybridized carbons (Fsp3) is 0.444. The van der Waals surface area contributed by atoms with Crippen LogP contribution in [0.5, 0.6) is 0 Å². The van der Waals surface area contributed by atoms with Crippen molar-refractivity contribution >= 4 is 17.4 Å². The highest BCUT2D eigenvalue weighted by molar-refractivity contribution is 7.99. The van der Waals surface area contributed by atoms with Crippen molar-refractivity contribution in [2.75, 3.05) is 43.4 Å². The molecule has 6 nitrogen and oxygen atoms in total. The number of aliphatic hydroxyl groups is 1. The van der Waals surface area contributed by atoms with E-state index < -0.39 is 0 Å². The summed E-state index contributed by atoms with van der Waals surface area (Å²) in [5.74, 6) is 0.966. The molecule has 1 fully saturated rings. The van der Waals surface area contributed by atoms with Gasteiger partial charge >= 0.3 is 0 Å². The Labute approximate surface area is 151 Å². The van der Waals surface area contributed by atoms with Crippen LogP contribution in [-0.2, 0) is 13.0 Å². The van der Waals surface area contributed by atoms with Crippen molar-refractivity contribution in [1.82, 2.24) is 14.9 Å². The van der Waals surface area contributed by atoms with E-state index in [1.807, 2.05) is 30.3 Å². The van der Waals surface area contributed by atoms with E-state index in [1.165, 1.54) is 5.56 Å². The van der Waals surface area contributed by atoms with E-state index in [4.69, 9.17) is 5.11 Å². The van der Waals surface area contributed by atoms with Crippen molar-refractivity contribution in [3.8, 4) is 0 Å². The van der Waals surface area contributed by atoms with Gasteiger partial charge in [0, 0.05) is 45.1 Å². The summed E-state index contributed by atoms with van der Waals surface area (Å²) in [6.45, 7) is 4.70. The first kappa shape index (κ1) is 18.0. The van der Waals surface area contributed by atoms with Gasteiger partial charge in [0.25, 0.3) is 5.56 Å². The molecular weight excluding hydrogens is 336 g/mol. The maximum Gasteiger partial charge on any atom is 0.277 e. The number of nitrogens with zero attached hydrogens (tertiary/aromatic N) is 3. The molecule has 7 heteroatoms. The Hall–Kier alpha value is -1.83. The van der Waals surface area contributed by atoms with Gasteiger partial charge in [-0.15, -0.1) is 0 Å². The molecule has 1 aromatic heterocycles. The molecule has 1 aromatic carbocycles. The first-order valence-corrected chi connectivity index (χ1v) is 9.61. The minimum atomic E-state index is 0.122. The quantitative estimate of drug-likeness (QED) is 0.796. The maximum absolute atomic E-state index is 12.2. The molecule has 0 amide bonds. The number of thioether (sulfide) groups is 1. The van der Waals surface area contributed by atoms with Crippen LogP contribution in [-0.4, -0.2) is 53.2 Å². The molecule has 0 aliphatic carbocycles. The Bertz CT molecular complexity index is 730. The van der Waals surface area contributed by atoms with Gasteiger partial charge in [0.2, 0.25) is 0 Å². The summed E-state index contributed by atoms with van der Waals surface area (Å²) < 4.78 is 1.79. The van der Waals surface area contributed by atoms with Gasteiger partial charge in [-0.1, -0.05) is 42.1 Å². The number of benzene rings is 1. The van der Waals surface area contributed by atoms with Gasteiger partial charge in [-0.25, -0.2) is 4.98 Å². The second-order valence-corrected chi connectivity index (χ2v) is 6.99. The molecule has 1 saturated heterocycles. The van der Waals surface area contributed by atoms with Crippen LogP contribution in [0.2, 0.25) is 0 Å². The van der Waals surface area contributed by atoms with Crippen molar-refractivity contribution in [2.45, 2.75) is 18.1 Å². The molecule has 2 aliphatic heterocycles. The van der Waals surface area contributed by atoms with Crippen LogP contribution in [0.15, 0.2) is 46.5 Å². The molecule has 2 N–H and O–H groups in total. The number of anilines is 1. The molecule has 0 unspecified atom stereocenters. The fourth-order valence-electron chi connectivity index (χ4n) is 2.90. The number of piperazine rings is 1. The van der Waals surface area contributed by atoms with Gasteiger partial charge in [-0.05, 0) is 12.0 Å². The third kappa shape index (κ3) is 4.62. The van der Waals surface area contributed by atoms with Crippen LogP contribution < -0.4 is 15.8 Å². The van der Waals surface area contributed by atoms with Crippen molar-refractivity contribution in [1.29, 1.82) is 0 Å². The molecule has 0 bridgehead atoms. The summed E-state index contributed by atoms with van der Waals surface area (Å²) in [6.07, 6.45) is 2.50. The minimum absolute atomic E-state index is 0.122. The van der Waals surface area contributed by atoms with Crippen LogP contribution in [0.1, 0.15) is 5.56 Å². The number of aromatic nitrogens is 2. The van der Waals surface area contributed by atoms with Gasteiger partial charge in [0.1, 0.15) is 5.69 Å². The van der Waals surface area contributed by atoms with E-state index in [1.54, 1.807) is 22.5 Å². The summed E-state index contributed by atoms with van der Waals surface area (Å²) in [7, 11) is 0. The molecular formula is C18H24N4O2S. The fourth-order valence-corrected chi connectivity index (χ4v) is 3.82. The van der Waals surface area contributed by atoms with E-state index >= 15 is 0 Å². The average molecular weight is 360 g/mol. The lowest BCUT2D eigenvalue weighted by Crippen LogP contribution is -2.46. The topological polar surface area (TPSA) is 70.4 Å². The number of fused-ring (bicyclic) bond motifs is 1. The lowest BCUT2D eigenvalue weighted by molar-refractivity contribution is 0.299.